The van der Waals surface area contributed by atoms with Crippen LogP contribution in [0.15, 0.2) is 24.3 Å². The maximum Gasteiger partial charge on any atom is 0.104 e. The standard InChI is InChI=1S/C11H16N2OS/c1-13(6-7-14)8-9-4-2-3-5-10(9)11(12)15/h2-5,14H,6-8H2,1H3,(H2,12,15). The first-order valence-electron chi connectivity index (χ1n) is 4.82. The summed E-state index contributed by atoms with van der Waals surface area (Å²) in [4.78, 5) is 2.44. The van der Waals surface area contributed by atoms with Crippen molar-refractivity contribution >= 4 is 17.2 Å². The summed E-state index contributed by atoms with van der Waals surface area (Å²) in [5, 5.41) is 8.80. The molecule has 0 radical (unpaired) electrons. The number of aliphatic hydroxyl groups excluding tert-OH is 1. The van der Waals surface area contributed by atoms with Crippen molar-refractivity contribution in [2.75, 3.05) is 20.2 Å². The van der Waals surface area contributed by atoms with Crippen molar-refractivity contribution in [1.29, 1.82) is 0 Å². The van der Waals surface area contributed by atoms with Gasteiger partial charge in [-0.2, -0.15) is 0 Å². The van der Waals surface area contributed by atoms with E-state index in [-0.39, 0.29) is 6.61 Å². The van der Waals surface area contributed by atoms with Gasteiger partial charge in [0.2, 0.25) is 0 Å². The number of nitrogens with zero attached hydrogens (tertiary/aromatic N) is 1. The van der Waals surface area contributed by atoms with E-state index < -0.39 is 0 Å². The zero-order valence-corrected chi connectivity index (χ0v) is 9.63. The highest BCUT2D eigenvalue weighted by Crippen LogP contribution is 2.10. The summed E-state index contributed by atoms with van der Waals surface area (Å²) in [6.45, 7) is 1.55. The van der Waals surface area contributed by atoms with Gasteiger partial charge in [-0.1, -0.05) is 36.5 Å². The molecule has 3 nitrogen and oxygen atoms in total. The predicted octanol–water partition coefficient (Wildman–Crippen LogP) is 0.745. The molecule has 0 saturated carbocycles. The molecule has 0 aliphatic heterocycles. The summed E-state index contributed by atoms with van der Waals surface area (Å²) in [6, 6.07) is 7.81. The fraction of sp³-hybridized carbons (Fsp3) is 0.364. The lowest BCUT2D eigenvalue weighted by molar-refractivity contribution is 0.217. The van der Waals surface area contributed by atoms with Gasteiger partial charge in [-0.3, -0.25) is 4.90 Å². The summed E-state index contributed by atoms with van der Waals surface area (Å²) in [7, 11) is 1.95. The topological polar surface area (TPSA) is 49.5 Å². The molecule has 0 amide bonds. The third kappa shape index (κ3) is 3.58. The molecule has 0 atom stereocenters. The van der Waals surface area contributed by atoms with E-state index in [9.17, 15) is 0 Å². The molecule has 0 fully saturated rings. The Hall–Kier alpha value is -0.970. The van der Waals surface area contributed by atoms with Crippen LogP contribution in [-0.4, -0.2) is 35.2 Å². The van der Waals surface area contributed by atoms with Gasteiger partial charge in [-0.25, -0.2) is 0 Å². The molecule has 0 saturated heterocycles. The second kappa shape index (κ2) is 5.80. The average Bonchev–Trinajstić information content (AvgIpc) is 2.18. The second-order valence-electron chi connectivity index (χ2n) is 3.48. The molecular formula is C11H16N2OS. The van der Waals surface area contributed by atoms with Gasteiger partial charge in [0.25, 0.3) is 0 Å². The van der Waals surface area contributed by atoms with Crippen molar-refractivity contribution in [3.63, 3.8) is 0 Å². The van der Waals surface area contributed by atoms with Gasteiger partial charge in [-0.05, 0) is 12.6 Å². The highest BCUT2D eigenvalue weighted by Gasteiger charge is 2.06. The van der Waals surface area contributed by atoms with Crippen LogP contribution >= 0.6 is 12.2 Å². The van der Waals surface area contributed by atoms with Crippen molar-refractivity contribution in [2.45, 2.75) is 6.54 Å². The van der Waals surface area contributed by atoms with Crippen molar-refractivity contribution in [2.24, 2.45) is 5.73 Å². The van der Waals surface area contributed by atoms with E-state index in [0.717, 1.165) is 17.7 Å². The molecule has 0 aromatic heterocycles. The first-order valence-corrected chi connectivity index (χ1v) is 5.23. The van der Waals surface area contributed by atoms with Gasteiger partial charge in [0.05, 0.1) is 6.61 Å². The van der Waals surface area contributed by atoms with Crippen LogP contribution in [0.1, 0.15) is 11.1 Å². The molecule has 4 heteroatoms. The van der Waals surface area contributed by atoms with Crippen molar-refractivity contribution < 1.29 is 5.11 Å². The molecule has 1 rings (SSSR count). The second-order valence-corrected chi connectivity index (χ2v) is 3.92. The number of hydrogen-bond acceptors (Lipinski definition) is 3. The Morgan fingerprint density at radius 2 is 2.13 bits per heavy atom. The molecule has 0 heterocycles. The van der Waals surface area contributed by atoms with Crippen molar-refractivity contribution in [3.8, 4) is 0 Å². The largest absolute Gasteiger partial charge is 0.395 e. The smallest absolute Gasteiger partial charge is 0.104 e. The SMILES string of the molecule is CN(CCO)Cc1ccccc1C(N)=S. The van der Waals surface area contributed by atoms with E-state index in [1.165, 1.54) is 0 Å². The van der Waals surface area contributed by atoms with E-state index >= 15 is 0 Å². The first kappa shape index (κ1) is 12.1. The first-order chi connectivity index (χ1) is 7.15. The normalized spacial score (nSPS) is 10.6. The zero-order valence-electron chi connectivity index (χ0n) is 8.81. The summed E-state index contributed by atoms with van der Waals surface area (Å²) < 4.78 is 0. The number of nitrogens with two attached hydrogens (primary N) is 1. The Kier molecular flexibility index (Phi) is 4.68. The van der Waals surface area contributed by atoms with E-state index in [4.69, 9.17) is 23.1 Å². The Bertz CT molecular complexity index is 341. The van der Waals surface area contributed by atoms with Gasteiger partial charge in [0, 0.05) is 18.7 Å². The Balaban J connectivity index is 2.79. The lowest BCUT2D eigenvalue weighted by Gasteiger charge is -2.17. The maximum atomic E-state index is 8.80. The fourth-order valence-electron chi connectivity index (χ4n) is 1.44. The molecule has 0 aliphatic carbocycles. The molecular weight excluding hydrogens is 208 g/mol. The maximum absolute atomic E-state index is 8.80. The fourth-order valence-corrected chi connectivity index (χ4v) is 1.64. The molecule has 1 aromatic rings. The van der Waals surface area contributed by atoms with E-state index in [0.29, 0.717) is 11.5 Å². The predicted molar refractivity (Wildman–Crippen MR) is 65.7 cm³/mol. The number of likely N-dealkylation sites (N-methyl/N-ethyl adjacent to an activating group) is 1. The third-order valence-corrected chi connectivity index (χ3v) is 2.42. The van der Waals surface area contributed by atoms with Crippen LogP contribution in [0.5, 0.6) is 0 Å². The minimum absolute atomic E-state index is 0.158. The van der Waals surface area contributed by atoms with Crippen molar-refractivity contribution in [3.05, 3.63) is 35.4 Å². The van der Waals surface area contributed by atoms with E-state index in [1.54, 1.807) is 0 Å². The Labute approximate surface area is 95.5 Å². The molecule has 1 aromatic carbocycles. The number of aliphatic hydroxyl groups is 1. The third-order valence-electron chi connectivity index (χ3n) is 2.20. The minimum Gasteiger partial charge on any atom is -0.395 e. The molecule has 0 spiro atoms. The lowest BCUT2D eigenvalue weighted by Crippen LogP contribution is -2.23. The quantitative estimate of drug-likeness (QED) is 0.725. The molecule has 0 unspecified atom stereocenters. The van der Waals surface area contributed by atoms with Crippen LogP contribution in [0.25, 0.3) is 0 Å². The van der Waals surface area contributed by atoms with Crippen LogP contribution in [-0.2, 0) is 6.54 Å². The van der Waals surface area contributed by atoms with Gasteiger partial charge in [0.1, 0.15) is 4.99 Å². The van der Waals surface area contributed by atoms with Gasteiger partial charge in [0.15, 0.2) is 0 Å². The van der Waals surface area contributed by atoms with Gasteiger partial charge < -0.3 is 10.8 Å². The highest BCUT2D eigenvalue weighted by molar-refractivity contribution is 7.80. The van der Waals surface area contributed by atoms with Crippen LogP contribution < -0.4 is 5.73 Å². The molecule has 3 N–H and O–H groups in total. The molecule has 82 valence electrons. The minimum atomic E-state index is 0.158. The number of thiocarbonyl (C=S) groups is 1. The summed E-state index contributed by atoms with van der Waals surface area (Å²) >= 11 is 4.98. The highest BCUT2D eigenvalue weighted by atomic mass is 32.1. The van der Waals surface area contributed by atoms with Crippen LogP contribution in [0.2, 0.25) is 0 Å². The summed E-state index contributed by atoms with van der Waals surface area (Å²) in [6.07, 6.45) is 0. The van der Waals surface area contributed by atoms with E-state index in [1.807, 2.05) is 36.2 Å². The number of benzene rings is 1. The Morgan fingerprint density at radius 1 is 1.47 bits per heavy atom. The summed E-state index contributed by atoms with van der Waals surface area (Å²) in [5.41, 5.74) is 7.64. The summed E-state index contributed by atoms with van der Waals surface area (Å²) in [5.74, 6) is 0. The monoisotopic (exact) mass is 224 g/mol. The number of hydrogen-bond donors (Lipinski definition) is 2. The van der Waals surface area contributed by atoms with Crippen LogP contribution in [0.3, 0.4) is 0 Å². The van der Waals surface area contributed by atoms with Crippen LogP contribution in [0.4, 0.5) is 0 Å². The molecule has 0 bridgehead atoms. The van der Waals surface area contributed by atoms with Crippen LogP contribution in [0, 0.1) is 0 Å². The van der Waals surface area contributed by atoms with Gasteiger partial charge >= 0.3 is 0 Å². The molecule has 15 heavy (non-hydrogen) atoms. The van der Waals surface area contributed by atoms with Gasteiger partial charge in [-0.15, -0.1) is 0 Å². The number of rotatable bonds is 5. The van der Waals surface area contributed by atoms with Crippen molar-refractivity contribution in [1.82, 2.24) is 4.90 Å². The zero-order chi connectivity index (χ0) is 11.3. The molecule has 0 aliphatic rings. The van der Waals surface area contributed by atoms with E-state index in [2.05, 4.69) is 0 Å². The average molecular weight is 224 g/mol. The Morgan fingerprint density at radius 3 is 2.73 bits per heavy atom. The lowest BCUT2D eigenvalue weighted by atomic mass is 10.1.